The minimum Gasteiger partial charge on any atom is -0.476 e. The number of nitrogens with one attached hydrogen (secondary N) is 2. The number of hydrogen-bond acceptors (Lipinski definition) is 9. The van der Waals surface area contributed by atoms with Gasteiger partial charge in [0.25, 0.3) is 0 Å². The van der Waals surface area contributed by atoms with Crippen LogP contribution in [-0.4, -0.2) is 62.4 Å². The monoisotopic (exact) mass is 509 g/mol. The highest BCUT2D eigenvalue weighted by Gasteiger charge is 2.39. The summed E-state index contributed by atoms with van der Waals surface area (Å²) in [5, 5.41) is 12.9. The van der Waals surface area contributed by atoms with Crippen LogP contribution in [0.3, 0.4) is 0 Å². The van der Waals surface area contributed by atoms with Gasteiger partial charge in [-0.1, -0.05) is 12.1 Å². The summed E-state index contributed by atoms with van der Waals surface area (Å²) in [5.41, 5.74) is 2.29. The van der Waals surface area contributed by atoms with Crippen molar-refractivity contribution >= 4 is 39.6 Å². The SMILES string of the molecule is C[C@@](C=O)(Oc1cccc2ncnc(Nc3ccc4c(cnn4Cc4ccccn4)c3)c12)C1CNCCO1. The van der Waals surface area contributed by atoms with Gasteiger partial charge >= 0.3 is 0 Å². The van der Waals surface area contributed by atoms with E-state index in [1.54, 1.807) is 13.1 Å². The maximum Gasteiger partial charge on any atom is 0.188 e. The molecule has 6 rings (SSSR count). The molecule has 0 amide bonds. The number of aldehydes is 1. The maximum absolute atomic E-state index is 12.2. The number of nitrogens with zero attached hydrogens (tertiary/aromatic N) is 5. The fourth-order valence-electron chi connectivity index (χ4n) is 4.67. The van der Waals surface area contributed by atoms with Crippen LogP contribution < -0.4 is 15.4 Å². The van der Waals surface area contributed by atoms with E-state index in [-0.39, 0.29) is 0 Å². The second kappa shape index (κ2) is 10.2. The number of morpholine rings is 1. The molecular formula is C28H27N7O3. The number of pyridine rings is 1. The second-order valence-corrected chi connectivity index (χ2v) is 9.36. The lowest BCUT2D eigenvalue weighted by Gasteiger charge is -2.36. The molecule has 4 heterocycles. The highest BCUT2D eigenvalue weighted by Crippen LogP contribution is 2.35. The van der Waals surface area contributed by atoms with E-state index >= 15 is 0 Å². The van der Waals surface area contributed by atoms with E-state index in [0.29, 0.717) is 42.2 Å². The quantitative estimate of drug-likeness (QED) is 0.303. The Morgan fingerprint density at radius 1 is 1.18 bits per heavy atom. The van der Waals surface area contributed by atoms with Crippen molar-refractivity contribution in [2.24, 2.45) is 0 Å². The van der Waals surface area contributed by atoms with E-state index < -0.39 is 11.7 Å². The smallest absolute Gasteiger partial charge is 0.188 e. The standard InChI is InChI=1S/C28H27N7O3/c1-28(17-36,25-15-29-11-12-37-25)38-24-7-4-6-22-26(24)27(32-18-31-22)34-20-8-9-23-19(13-20)14-33-35(23)16-21-5-2-3-10-30-21/h2-10,13-14,17-18,25,29H,11-12,15-16H2,1H3,(H,31,32,34)/t25?,28-/m0/s1. The summed E-state index contributed by atoms with van der Waals surface area (Å²) in [6.45, 7) is 4.11. The fourth-order valence-corrected chi connectivity index (χ4v) is 4.67. The van der Waals surface area contributed by atoms with Crippen molar-refractivity contribution in [1.82, 2.24) is 30.0 Å². The van der Waals surface area contributed by atoms with Crippen LogP contribution >= 0.6 is 0 Å². The van der Waals surface area contributed by atoms with E-state index in [9.17, 15) is 4.79 Å². The van der Waals surface area contributed by atoms with Gasteiger partial charge in [0.15, 0.2) is 11.9 Å². The van der Waals surface area contributed by atoms with E-state index in [1.165, 1.54) is 6.33 Å². The number of aromatic nitrogens is 5. The van der Waals surface area contributed by atoms with E-state index in [4.69, 9.17) is 9.47 Å². The van der Waals surface area contributed by atoms with Crippen LogP contribution in [0.1, 0.15) is 12.6 Å². The highest BCUT2D eigenvalue weighted by molar-refractivity contribution is 5.96. The molecule has 1 aliphatic heterocycles. The largest absolute Gasteiger partial charge is 0.476 e. The first-order valence-electron chi connectivity index (χ1n) is 12.5. The van der Waals surface area contributed by atoms with Gasteiger partial charge in [0.2, 0.25) is 0 Å². The van der Waals surface area contributed by atoms with Crippen molar-refractivity contribution < 1.29 is 14.3 Å². The Morgan fingerprint density at radius 2 is 2.13 bits per heavy atom. The predicted molar refractivity (Wildman–Crippen MR) is 144 cm³/mol. The first-order valence-corrected chi connectivity index (χ1v) is 12.5. The third-order valence-electron chi connectivity index (χ3n) is 6.70. The second-order valence-electron chi connectivity index (χ2n) is 9.36. The Hall–Kier alpha value is -4.41. The molecule has 1 aliphatic rings. The van der Waals surface area contributed by atoms with Gasteiger partial charge in [0.1, 0.15) is 24.0 Å². The molecule has 3 aromatic heterocycles. The number of fused-ring (bicyclic) bond motifs is 2. The molecule has 0 saturated carbocycles. The zero-order valence-electron chi connectivity index (χ0n) is 20.9. The highest BCUT2D eigenvalue weighted by atomic mass is 16.6. The molecule has 0 bridgehead atoms. The number of ether oxygens (including phenoxy) is 2. The average Bonchev–Trinajstić information content (AvgIpc) is 3.36. The third kappa shape index (κ3) is 4.67. The van der Waals surface area contributed by atoms with Crippen molar-refractivity contribution in [2.75, 3.05) is 25.0 Å². The van der Waals surface area contributed by atoms with Crippen molar-refractivity contribution in [2.45, 2.75) is 25.2 Å². The summed E-state index contributed by atoms with van der Waals surface area (Å²) in [5.74, 6) is 1.07. The maximum atomic E-state index is 12.2. The number of carbonyl (C=O) groups excluding carboxylic acids is 1. The van der Waals surface area contributed by atoms with Crippen molar-refractivity contribution in [3.63, 3.8) is 0 Å². The van der Waals surface area contributed by atoms with E-state index in [1.807, 2.05) is 65.5 Å². The summed E-state index contributed by atoms with van der Waals surface area (Å²) >= 11 is 0. The van der Waals surface area contributed by atoms with Crippen LogP contribution in [0.2, 0.25) is 0 Å². The Morgan fingerprint density at radius 3 is 2.95 bits per heavy atom. The normalized spacial score (nSPS) is 17.2. The van der Waals surface area contributed by atoms with E-state index in [0.717, 1.165) is 35.1 Å². The molecule has 0 aliphatic carbocycles. The van der Waals surface area contributed by atoms with Gasteiger partial charge < -0.3 is 20.1 Å². The molecule has 192 valence electrons. The Kier molecular flexibility index (Phi) is 6.40. The Labute approximate surface area is 219 Å². The predicted octanol–water partition coefficient (Wildman–Crippen LogP) is 3.49. The van der Waals surface area contributed by atoms with Crippen LogP contribution in [0.5, 0.6) is 5.75 Å². The minimum absolute atomic E-state index is 0.421. The van der Waals surface area contributed by atoms with Gasteiger partial charge in [0, 0.05) is 30.4 Å². The number of benzene rings is 2. The molecule has 0 spiro atoms. The topological polar surface area (TPSA) is 116 Å². The van der Waals surface area contributed by atoms with Gasteiger partial charge in [-0.25, -0.2) is 9.97 Å². The third-order valence-corrected chi connectivity index (χ3v) is 6.70. The zero-order chi connectivity index (χ0) is 26.0. The number of anilines is 2. The molecule has 38 heavy (non-hydrogen) atoms. The molecule has 2 aromatic carbocycles. The minimum atomic E-state index is -1.18. The molecule has 2 N–H and O–H groups in total. The van der Waals surface area contributed by atoms with Crippen LogP contribution in [0.4, 0.5) is 11.5 Å². The Balaban J connectivity index is 1.31. The number of rotatable bonds is 8. The van der Waals surface area contributed by atoms with Crippen LogP contribution in [0.25, 0.3) is 21.8 Å². The van der Waals surface area contributed by atoms with Crippen molar-refractivity contribution in [3.8, 4) is 5.75 Å². The Bertz CT molecular complexity index is 1580. The number of carbonyl (C=O) groups is 1. The lowest BCUT2D eigenvalue weighted by Crippen LogP contribution is -2.55. The average molecular weight is 510 g/mol. The summed E-state index contributed by atoms with van der Waals surface area (Å²) in [6, 6.07) is 17.4. The van der Waals surface area contributed by atoms with Gasteiger partial charge in [-0.05, 0) is 49.4 Å². The van der Waals surface area contributed by atoms with Gasteiger partial charge in [-0.3, -0.25) is 14.5 Å². The molecular weight excluding hydrogens is 482 g/mol. The van der Waals surface area contributed by atoms with Crippen LogP contribution in [0, 0.1) is 0 Å². The molecule has 1 saturated heterocycles. The van der Waals surface area contributed by atoms with Crippen LogP contribution in [0.15, 0.2) is 73.3 Å². The van der Waals surface area contributed by atoms with Gasteiger partial charge in [-0.2, -0.15) is 5.10 Å². The number of hydrogen-bond donors (Lipinski definition) is 2. The molecule has 0 radical (unpaired) electrons. The first kappa shape index (κ1) is 24.0. The summed E-state index contributed by atoms with van der Waals surface area (Å²) in [7, 11) is 0. The molecule has 5 aromatic rings. The van der Waals surface area contributed by atoms with Gasteiger partial charge in [0.05, 0.1) is 41.5 Å². The van der Waals surface area contributed by atoms with E-state index in [2.05, 4.69) is 30.7 Å². The fraction of sp³-hybridized carbons (Fsp3) is 0.250. The molecule has 10 nitrogen and oxygen atoms in total. The molecule has 10 heteroatoms. The van der Waals surface area contributed by atoms with Gasteiger partial charge in [-0.15, -0.1) is 0 Å². The molecule has 2 atom stereocenters. The summed E-state index contributed by atoms with van der Waals surface area (Å²) in [4.78, 5) is 25.5. The molecule has 1 unspecified atom stereocenters. The lowest BCUT2D eigenvalue weighted by atomic mass is 9.99. The zero-order valence-corrected chi connectivity index (χ0v) is 20.9. The summed E-state index contributed by atoms with van der Waals surface area (Å²) in [6.07, 6.45) is 5.50. The first-order chi connectivity index (χ1) is 18.6. The summed E-state index contributed by atoms with van der Waals surface area (Å²) < 4.78 is 14.1. The van der Waals surface area contributed by atoms with Crippen molar-refractivity contribution in [3.05, 3.63) is 79.0 Å². The molecule has 1 fully saturated rings. The lowest BCUT2D eigenvalue weighted by molar-refractivity contribution is -0.137. The van der Waals surface area contributed by atoms with Crippen LogP contribution in [-0.2, 0) is 16.1 Å². The van der Waals surface area contributed by atoms with Crippen molar-refractivity contribution in [1.29, 1.82) is 0 Å².